The van der Waals surface area contributed by atoms with Crippen molar-refractivity contribution in [3.63, 3.8) is 0 Å². The molecule has 0 aliphatic rings. The van der Waals surface area contributed by atoms with Gasteiger partial charge in [0.25, 0.3) is 0 Å². The summed E-state index contributed by atoms with van der Waals surface area (Å²) < 4.78 is 6.43. The van der Waals surface area contributed by atoms with Gasteiger partial charge in [-0.2, -0.15) is 0 Å². The van der Waals surface area contributed by atoms with Gasteiger partial charge in [-0.1, -0.05) is 34.7 Å². The summed E-state index contributed by atoms with van der Waals surface area (Å²) >= 11 is 3.37. The van der Waals surface area contributed by atoms with Gasteiger partial charge in [0.05, 0.1) is 6.54 Å². The van der Waals surface area contributed by atoms with Gasteiger partial charge >= 0.3 is 0 Å². The molecule has 0 aliphatic heterocycles. The van der Waals surface area contributed by atoms with E-state index in [0.29, 0.717) is 18.0 Å². The lowest BCUT2D eigenvalue weighted by Gasteiger charge is -2.09. The van der Waals surface area contributed by atoms with Crippen LogP contribution in [-0.4, -0.2) is 19.1 Å². The molecule has 0 heterocycles. The molecule has 0 saturated heterocycles. The molecule has 2 aromatic rings. The molecule has 0 fully saturated rings. The molecule has 2 aromatic carbocycles. The first-order valence-electron chi connectivity index (χ1n) is 6.80. The van der Waals surface area contributed by atoms with E-state index in [4.69, 9.17) is 4.74 Å². The SMILES string of the molecule is C=CCOc1cccc(NC(=O)CNc2ccc(Br)cc2)c1. The topological polar surface area (TPSA) is 50.4 Å². The van der Waals surface area contributed by atoms with Crippen LogP contribution in [0.1, 0.15) is 0 Å². The summed E-state index contributed by atoms with van der Waals surface area (Å²) in [6.45, 7) is 4.23. The first kappa shape index (κ1) is 16.1. The third-order valence-corrected chi connectivity index (χ3v) is 3.31. The number of carbonyl (C=O) groups excluding carboxylic acids is 1. The van der Waals surface area contributed by atoms with Gasteiger partial charge in [0.2, 0.25) is 5.91 Å². The van der Waals surface area contributed by atoms with E-state index in [2.05, 4.69) is 33.1 Å². The highest BCUT2D eigenvalue weighted by atomic mass is 79.9. The zero-order valence-corrected chi connectivity index (χ0v) is 13.6. The van der Waals surface area contributed by atoms with Crippen molar-refractivity contribution in [1.82, 2.24) is 0 Å². The number of ether oxygens (including phenoxy) is 1. The number of benzene rings is 2. The van der Waals surface area contributed by atoms with Gasteiger partial charge in [-0.25, -0.2) is 0 Å². The van der Waals surface area contributed by atoms with Crippen LogP contribution in [0, 0.1) is 0 Å². The minimum Gasteiger partial charge on any atom is -0.489 e. The van der Waals surface area contributed by atoms with Gasteiger partial charge in [-0.15, -0.1) is 0 Å². The third-order valence-electron chi connectivity index (χ3n) is 2.78. The van der Waals surface area contributed by atoms with Crippen molar-refractivity contribution in [3.05, 3.63) is 65.7 Å². The summed E-state index contributed by atoms with van der Waals surface area (Å²) in [5.41, 5.74) is 1.59. The molecule has 0 spiro atoms. The van der Waals surface area contributed by atoms with Crippen LogP contribution in [0.5, 0.6) is 5.75 Å². The maximum absolute atomic E-state index is 11.9. The lowest BCUT2D eigenvalue weighted by Crippen LogP contribution is -2.21. The maximum Gasteiger partial charge on any atom is 0.243 e. The standard InChI is InChI=1S/C17H17BrN2O2/c1-2-10-22-16-5-3-4-15(11-16)20-17(21)12-19-14-8-6-13(18)7-9-14/h2-9,11,19H,1,10,12H2,(H,20,21). The summed E-state index contributed by atoms with van der Waals surface area (Å²) in [7, 11) is 0. The largest absolute Gasteiger partial charge is 0.489 e. The maximum atomic E-state index is 11.9. The normalized spacial score (nSPS) is 9.86. The molecule has 1 amide bonds. The second kappa shape index (κ2) is 8.24. The Bertz CT molecular complexity index is 641. The summed E-state index contributed by atoms with van der Waals surface area (Å²) in [6, 6.07) is 14.9. The predicted octanol–water partition coefficient (Wildman–Crippen LogP) is 4.06. The van der Waals surface area contributed by atoms with Crippen molar-refractivity contribution in [2.75, 3.05) is 23.8 Å². The van der Waals surface area contributed by atoms with Crippen molar-refractivity contribution in [1.29, 1.82) is 0 Å². The Balaban J connectivity index is 1.86. The fourth-order valence-corrected chi connectivity index (χ4v) is 2.04. The van der Waals surface area contributed by atoms with Crippen LogP contribution in [0.4, 0.5) is 11.4 Å². The van der Waals surface area contributed by atoms with Gasteiger partial charge < -0.3 is 15.4 Å². The predicted molar refractivity (Wildman–Crippen MR) is 93.4 cm³/mol. The molecule has 2 N–H and O–H groups in total. The highest BCUT2D eigenvalue weighted by molar-refractivity contribution is 9.10. The van der Waals surface area contributed by atoms with E-state index in [-0.39, 0.29) is 12.5 Å². The Morgan fingerprint density at radius 1 is 1.18 bits per heavy atom. The summed E-state index contributed by atoms with van der Waals surface area (Å²) in [5, 5.41) is 5.89. The van der Waals surface area contributed by atoms with Crippen LogP contribution in [0.2, 0.25) is 0 Å². The molecule has 0 aliphatic carbocycles. The fourth-order valence-electron chi connectivity index (χ4n) is 1.77. The molecule has 22 heavy (non-hydrogen) atoms. The number of nitrogens with one attached hydrogen (secondary N) is 2. The van der Waals surface area contributed by atoms with Crippen LogP contribution in [0.3, 0.4) is 0 Å². The monoisotopic (exact) mass is 360 g/mol. The molecule has 0 bridgehead atoms. The number of halogens is 1. The second-order valence-corrected chi connectivity index (χ2v) is 5.45. The molecule has 4 nitrogen and oxygen atoms in total. The molecule has 5 heteroatoms. The van der Waals surface area contributed by atoms with Crippen LogP contribution >= 0.6 is 15.9 Å². The van der Waals surface area contributed by atoms with Crippen LogP contribution < -0.4 is 15.4 Å². The van der Waals surface area contributed by atoms with Crippen LogP contribution in [0.15, 0.2) is 65.7 Å². The molecule has 0 atom stereocenters. The number of hydrogen-bond donors (Lipinski definition) is 2. The number of anilines is 2. The van der Waals surface area contributed by atoms with E-state index in [1.807, 2.05) is 42.5 Å². The third kappa shape index (κ3) is 5.26. The quantitative estimate of drug-likeness (QED) is 0.731. The van der Waals surface area contributed by atoms with Crippen molar-refractivity contribution in [2.45, 2.75) is 0 Å². The highest BCUT2D eigenvalue weighted by Crippen LogP contribution is 2.17. The van der Waals surface area contributed by atoms with Crippen molar-refractivity contribution < 1.29 is 9.53 Å². The van der Waals surface area contributed by atoms with Gasteiger partial charge in [0, 0.05) is 21.9 Å². The minimum absolute atomic E-state index is 0.121. The molecule has 0 saturated carbocycles. The molecule has 0 aromatic heterocycles. The Kier molecular flexibility index (Phi) is 6.03. The first-order valence-corrected chi connectivity index (χ1v) is 7.60. The van der Waals surface area contributed by atoms with E-state index in [1.165, 1.54) is 0 Å². The van der Waals surface area contributed by atoms with Gasteiger partial charge in [0.1, 0.15) is 12.4 Å². The molecule has 114 valence electrons. The van der Waals surface area contributed by atoms with Crippen molar-refractivity contribution >= 4 is 33.2 Å². The number of hydrogen-bond acceptors (Lipinski definition) is 3. The van der Waals surface area contributed by atoms with Crippen molar-refractivity contribution in [3.8, 4) is 5.75 Å². The first-order chi connectivity index (χ1) is 10.7. The van der Waals surface area contributed by atoms with Crippen LogP contribution in [0.25, 0.3) is 0 Å². The zero-order chi connectivity index (χ0) is 15.8. The van der Waals surface area contributed by atoms with E-state index in [9.17, 15) is 4.79 Å². The second-order valence-electron chi connectivity index (χ2n) is 4.54. The van der Waals surface area contributed by atoms with E-state index in [0.717, 1.165) is 10.2 Å². The summed E-state index contributed by atoms with van der Waals surface area (Å²) in [6.07, 6.45) is 1.67. The van der Waals surface area contributed by atoms with Gasteiger partial charge in [0.15, 0.2) is 0 Å². The molecule has 2 rings (SSSR count). The van der Waals surface area contributed by atoms with E-state index < -0.39 is 0 Å². The highest BCUT2D eigenvalue weighted by Gasteiger charge is 2.03. The Hall–Kier alpha value is -2.27. The van der Waals surface area contributed by atoms with E-state index in [1.54, 1.807) is 12.1 Å². The molecule has 0 radical (unpaired) electrons. The van der Waals surface area contributed by atoms with Crippen molar-refractivity contribution in [2.24, 2.45) is 0 Å². The van der Waals surface area contributed by atoms with Crippen LogP contribution in [-0.2, 0) is 4.79 Å². The van der Waals surface area contributed by atoms with E-state index >= 15 is 0 Å². The average Bonchev–Trinajstić information content (AvgIpc) is 2.53. The fraction of sp³-hybridized carbons (Fsp3) is 0.118. The molecule has 0 unspecified atom stereocenters. The number of rotatable bonds is 7. The minimum atomic E-state index is -0.121. The number of carbonyl (C=O) groups is 1. The Labute approximate surface area is 138 Å². The number of amides is 1. The van der Waals surface area contributed by atoms with Gasteiger partial charge in [-0.3, -0.25) is 4.79 Å². The Morgan fingerprint density at radius 3 is 2.68 bits per heavy atom. The van der Waals surface area contributed by atoms with Gasteiger partial charge in [-0.05, 0) is 36.4 Å². The molecular weight excluding hydrogens is 344 g/mol. The zero-order valence-electron chi connectivity index (χ0n) is 12.0. The smallest absolute Gasteiger partial charge is 0.243 e. The summed E-state index contributed by atoms with van der Waals surface area (Å²) in [4.78, 5) is 11.9. The summed E-state index contributed by atoms with van der Waals surface area (Å²) in [5.74, 6) is 0.572. The lowest BCUT2D eigenvalue weighted by molar-refractivity contribution is -0.114. The molecular formula is C17H17BrN2O2. The lowest BCUT2D eigenvalue weighted by atomic mass is 10.3. The average molecular weight is 361 g/mol. The Morgan fingerprint density at radius 2 is 1.95 bits per heavy atom.